The zero-order valence-electron chi connectivity index (χ0n) is 11.3. The summed E-state index contributed by atoms with van der Waals surface area (Å²) in [5, 5.41) is 12.3. The van der Waals surface area contributed by atoms with E-state index in [0.29, 0.717) is 6.54 Å². The summed E-state index contributed by atoms with van der Waals surface area (Å²) in [7, 11) is 1.63. The molecule has 0 amide bonds. The van der Waals surface area contributed by atoms with E-state index in [1.54, 1.807) is 7.11 Å². The predicted molar refractivity (Wildman–Crippen MR) is 73.8 cm³/mol. The van der Waals surface area contributed by atoms with E-state index in [1.165, 1.54) is 0 Å². The topological polar surface area (TPSA) is 61.8 Å². The molecule has 2 N–H and O–H groups in total. The Morgan fingerprint density at radius 1 is 1.53 bits per heavy atom. The number of rotatable bonds is 4. The molecule has 2 atom stereocenters. The van der Waals surface area contributed by atoms with E-state index in [1.807, 2.05) is 24.3 Å². The molecule has 19 heavy (non-hydrogen) atoms. The normalized spacial score (nSPS) is 23.2. The van der Waals surface area contributed by atoms with Crippen molar-refractivity contribution in [3.63, 3.8) is 0 Å². The molecular weight excluding hydrogens is 244 g/mol. The third kappa shape index (κ3) is 3.17. The van der Waals surface area contributed by atoms with Gasteiger partial charge in [0.1, 0.15) is 5.75 Å². The molecule has 0 saturated carbocycles. The van der Waals surface area contributed by atoms with E-state index < -0.39 is 5.97 Å². The summed E-state index contributed by atoms with van der Waals surface area (Å²) in [6, 6.07) is 8.00. The fourth-order valence-corrected chi connectivity index (χ4v) is 2.62. The lowest BCUT2D eigenvalue weighted by Crippen LogP contribution is -2.57. The number of anilines is 1. The van der Waals surface area contributed by atoms with Crippen LogP contribution >= 0.6 is 0 Å². The van der Waals surface area contributed by atoms with Crippen LogP contribution in [-0.2, 0) is 4.79 Å². The Bertz CT molecular complexity index is 450. The lowest BCUT2D eigenvalue weighted by molar-refractivity contribution is -0.137. The van der Waals surface area contributed by atoms with Crippen LogP contribution < -0.4 is 15.0 Å². The highest BCUT2D eigenvalue weighted by Crippen LogP contribution is 2.27. The molecule has 2 unspecified atom stereocenters. The van der Waals surface area contributed by atoms with Gasteiger partial charge in [-0.05, 0) is 19.1 Å². The molecule has 1 aliphatic heterocycles. The minimum absolute atomic E-state index is 0.0339. The fraction of sp³-hybridized carbons (Fsp3) is 0.500. The number of hydrogen-bond donors (Lipinski definition) is 2. The minimum atomic E-state index is -0.770. The Labute approximate surface area is 113 Å². The van der Waals surface area contributed by atoms with Crippen LogP contribution in [0.2, 0.25) is 0 Å². The van der Waals surface area contributed by atoms with Crippen LogP contribution in [0.15, 0.2) is 24.3 Å². The van der Waals surface area contributed by atoms with Gasteiger partial charge in [-0.2, -0.15) is 0 Å². The molecule has 0 radical (unpaired) electrons. The standard InChI is InChI=1S/C14H20N2O3/c1-10-8-15-9-12(7-14(17)18)16(10)11-4-3-5-13(6-11)19-2/h3-6,10,12,15H,7-9H2,1-2H3,(H,17,18). The van der Waals surface area contributed by atoms with Crippen molar-refractivity contribution in [1.82, 2.24) is 5.32 Å². The molecule has 0 spiro atoms. The van der Waals surface area contributed by atoms with Crippen molar-refractivity contribution in [3.8, 4) is 5.75 Å². The van der Waals surface area contributed by atoms with Crippen molar-refractivity contribution in [3.05, 3.63) is 24.3 Å². The first kappa shape index (κ1) is 13.7. The summed E-state index contributed by atoms with van der Waals surface area (Å²) in [6.07, 6.45) is 0.133. The molecule has 5 nitrogen and oxygen atoms in total. The Morgan fingerprint density at radius 3 is 3.00 bits per heavy atom. The summed E-state index contributed by atoms with van der Waals surface area (Å²) in [6.45, 7) is 3.64. The van der Waals surface area contributed by atoms with E-state index in [-0.39, 0.29) is 18.5 Å². The van der Waals surface area contributed by atoms with Gasteiger partial charge in [0.25, 0.3) is 0 Å². The number of carbonyl (C=O) groups is 1. The van der Waals surface area contributed by atoms with Gasteiger partial charge in [0.2, 0.25) is 0 Å². The molecule has 0 aromatic heterocycles. The van der Waals surface area contributed by atoms with E-state index in [9.17, 15) is 4.79 Å². The monoisotopic (exact) mass is 264 g/mol. The SMILES string of the molecule is COc1cccc(N2C(C)CNCC2CC(=O)O)c1. The first-order chi connectivity index (χ1) is 9.11. The van der Waals surface area contributed by atoms with Crippen LogP contribution in [0, 0.1) is 0 Å². The van der Waals surface area contributed by atoms with Gasteiger partial charge < -0.3 is 20.1 Å². The highest BCUT2D eigenvalue weighted by molar-refractivity contribution is 5.69. The molecule has 1 fully saturated rings. The summed E-state index contributed by atoms with van der Waals surface area (Å²) >= 11 is 0. The van der Waals surface area contributed by atoms with E-state index in [0.717, 1.165) is 18.0 Å². The smallest absolute Gasteiger partial charge is 0.305 e. The second kappa shape index (κ2) is 5.93. The molecule has 1 heterocycles. The number of carboxylic acid groups (broad SMARTS) is 1. The quantitative estimate of drug-likeness (QED) is 0.859. The molecule has 1 aromatic carbocycles. The van der Waals surface area contributed by atoms with Gasteiger partial charge in [0.15, 0.2) is 0 Å². The summed E-state index contributed by atoms with van der Waals surface area (Å²) in [5.74, 6) is 0.0195. The highest BCUT2D eigenvalue weighted by atomic mass is 16.5. The Morgan fingerprint density at radius 2 is 2.32 bits per heavy atom. The molecule has 0 aliphatic carbocycles. The average Bonchev–Trinajstić information content (AvgIpc) is 2.38. The molecule has 104 valence electrons. The molecular formula is C14H20N2O3. The first-order valence-corrected chi connectivity index (χ1v) is 6.46. The average molecular weight is 264 g/mol. The van der Waals surface area contributed by atoms with Crippen molar-refractivity contribution in [2.75, 3.05) is 25.1 Å². The number of methoxy groups -OCH3 is 1. The zero-order chi connectivity index (χ0) is 13.8. The van der Waals surface area contributed by atoms with E-state index in [4.69, 9.17) is 9.84 Å². The van der Waals surface area contributed by atoms with Gasteiger partial charge in [-0.25, -0.2) is 0 Å². The number of nitrogens with zero attached hydrogens (tertiary/aromatic N) is 1. The molecule has 1 aliphatic rings. The maximum Gasteiger partial charge on any atom is 0.305 e. The summed E-state index contributed by atoms with van der Waals surface area (Å²) in [5.41, 5.74) is 1.01. The number of aliphatic carboxylic acids is 1. The maximum atomic E-state index is 11.0. The van der Waals surface area contributed by atoms with Crippen LogP contribution in [-0.4, -0.2) is 43.4 Å². The van der Waals surface area contributed by atoms with Crippen LogP contribution in [0.3, 0.4) is 0 Å². The van der Waals surface area contributed by atoms with Crippen LogP contribution in [0.5, 0.6) is 5.75 Å². The number of ether oxygens (including phenoxy) is 1. The largest absolute Gasteiger partial charge is 0.497 e. The molecule has 1 saturated heterocycles. The molecule has 5 heteroatoms. The molecule has 1 aromatic rings. The Balaban J connectivity index is 2.27. The van der Waals surface area contributed by atoms with Gasteiger partial charge in [-0.1, -0.05) is 6.07 Å². The minimum Gasteiger partial charge on any atom is -0.497 e. The Hall–Kier alpha value is -1.75. The maximum absolute atomic E-state index is 11.0. The lowest BCUT2D eigenvalue weighted by atomic mass is 10.0. The van der Waals surface area contributed by atoms with Crippen molar-refractivity contribution in [2.45, 2.75) is 25.4 Å². The van der Waals surface area contributed by atoms with Crippen LogP contribution in [0.25, 0.3) is 0 Å². The summed E-state index contributed by atoms with van der Waals surface area (Å²) in [4.78, 5) is 13.2. The van der Waals surface area contributed by atoms with E-state index >= 15 is 0 Å². The Kier molecular flexibility index (Phi) is 4.27. The van der Waals surface area contributed by atoms with Gasteiger partial charge >= 0.3 is 5.97 Å². The lowest BCUT2D eigenvalue weighted by Gasteiger charge is -2.42. The number of hydrogen-bond acceptors (Lipinski definition) is 4. The van der Waals surface area contributed by atoms with Crippen molar-refractivity contribution in [2.24, 2.45) is 0 Å². The molecule has 0 bridgehead atoms. The van der Waals surface area contributed by atoms with Crippen LogP contribution in [0.4, 0.5) is 5.69 Å². The van der Waals surface area contributed by atoms with Gasteiger partial charge in [-0.3, -0.25) is 4.79 Å². The van der Waals surface area contributed by atoms with Crippen molar-refractivity contribution < 1.29 is 14.6 Å². The van der Waals surface area contributed by atoms with E-state index in [2.05, 4.69) is 17.1 Å². The fourth-order valence-electron chi connectivity index (χ4n) is 2.62. The van der Waals surface area contributed by atoms with Gasteiger partial charge in [0.05, 0.1) is 19.6 Å². The summed E-state index contributed by atoms with van der Waals surface area (Å²) < 4.78 is 5.24. The predicted octanol–water partition coefficient (Wildman–Crippen LogP) is 1.34. The second-order valence-corrected chi connectivity index (χ2v) is 4.87. The van der Waals surface area contributed by atoms with Crippen LogP contribution in [0.1, 0.15) is 13.3 Å². The number of nitrogens with one attached hydrogen (secondary N) is 1. The number of benzene rings is 1. The van der Waals surface area contributed by atoms with Crippen molar-refractivity contribution >= 4 is 11.7 Å². The second-order valence-electron chi connectivity index (χ2n) is 4.87. The van der Waals surface area contributed by atoms with Gasteiger partial charge in [-0.15, -0.1) is 0 Å². The van der Waals surface area contributed by atoms with Crippen molar-refractivity contribution in [1.29, 1.82) is 0 Å². The third-order valence-electron chi connectivity index (χ3n) is 3.45. The highest BCUT2D eigenvalue weighted by Gasteiger charge is 2.29. The zero-order valence-corrected chi connectivity index (χ0v) is 11.3. The third-order valence-corrected chi connectivity index (χ3v) is 3.45. The number of carboxylic acids is 1. The first-order valence-electron chi connectivity index (χ1n) is 6.46. The van der Waals surface area contributed by atoms with Gasteiger partial charge in [0, 0.05) is 30.9 Å². The molecule has 2 rings (SSSR count). The number of piperazine rings is 1.